The van der Waals surface area contributed by atoms with Crippen LogP contribution in [-0.2, 0) is 4.79 Å². The molecule has 0 spiro atoms. The van der Waals surface area contributed by atoms with Gasteiger partial charge in [-0.05, 0) is 36.4 Å². The zero-order valence-corrected chi connectivity index (χ0v) is 10.1. The number of carbonyl (C=O) groups is 1. The molecule has 3 rings (SSSR count). The average molecular weight is 255 g/mol. The Balaban J connectivity index is 1.82. The molecule has 0 fully saturated rings. The Labute approximate surface area is 110 Å². The zero-order valence-electron chi connectivity index (χ0n) is 10.1. The summed E-state index contributed by atoms with van der Waals surface area (Å²) >= 11 is 0. The van der Waals surface area contributed by atoms with Crippen molar-refractivity contribution >= 4 is 28.7 Å². The van der Waals surface area contributed by atoms with Crippen molar-refractivity contribution in [1.29, 1.82) is 0 Å². The Morgan fingerprint density at radius 1 is 1.11 bits per heavy atom. The van der Waals surface area contributed by atoms with Crippen molar-refractivity contribution in [3.05, 3.63) is 42.5 Å². The predicted molar refractivity (Wildman–Crippen MR) is 74.7 cm³/mol. The summed E-state index contributed by atoms with van der Waals surface area (Å²) in [6.45, 7) is 0.0539. The van der Waals surface area contributed by atoms with Crippen LogP contribution in [0.5, 0.6) is 5.75 Å². The molecular formula is C14H13N3O2. The fraction of sp³-hybridized carbons (Fsp3) is 0.0714. The molecule has 5 heteroatoms. The molecule has 0 atom stereocenters. The fourth-order valence-corrected chi connectivity index (χ4v) is 1.89. The average Bonchev–Trinajstić information content (AvgIpc) is 2.42. The summed E-state index contributed by atoms with van der Waals surface area (Å²) in [5.74, 6) is 0.534. The molecule has 2 aromatic rings. The van der Waals surface area contributed by atoms with E-state index in [0.717, 1.165) is 17.1 Å². The van der Waals surface area contributed by atoms with E-state index in [0.29, 0.717) is 11.4 Å². The van der Waals surface area contributed by atoms with E-state index in [4.69, 9.17) is 10.5 Å². The summed E-state index contributed by atoms with van der Waals surface area (Å²) in [6, 6.07) is 13.0. The second-order valence-corrected chi connectivity index (χ2v) is 4.29. The Kier molecular flexibility index (Phi) is 2.72. The van der Waals surface area contributed by atoms with Crippen LogP contribution < -0.4 is 21.1 Å². The fourth-order valence-electron chi connectivity index (χ4n) is 1.89. The highest BCUT2D eigenvalue weighted by molar-refractivity contribution is 5.95. The van der Waals surface area contributed by atoms with Gasteiger partial charge >= 0.3 is 0 Å². The lowest BCUT2D eigenvalue weighted by atomic mass is 10.2. The molecule has 0 bridgehead atoms. The minimum absolute atomic E-state index is 0.0539. The Bertz CT molecular complexity index is 623. The van der Waals surface area contributed by atoms with Gasteiger partial charge in [0.05, 0.1) is 5.69 Å². The number of nitrogen functional groups attached to an aromatic ring is 1. The van der Waals surface area contributed by atoms with Gasteiger partial charge in [0.2, 0.25) is 0 Å². The summed E-state index contributed by atoms with van der Waals surface area (Å²) in [5.41, 5.74) is 8.88. The van der Waals surface area contributed by atoms with Crippen molar-refractivity contribution in [2.24, 2.45) is 0 Å². The molecule has 0 aliphatic carbocycles. The summed E-state index contributed by atoms with van der Waals surface area (Å²) in [4.78, 5) is 11.2. The first kappa shape index (κ1) is 11.4. The van der Waals surface area contributed by atoms with Crippen LogP contribution in [0.1, 0.15) is 0 Å². The number of rotatable bonds is 2. The van der Waals surface area contributed by atoms with E-state index in [1.54, 1.807) is 0 Å². The first-order chi connectivity index (χ1) is 9.20. The standard InChI is InChI=1S/C14H13N3O2/c15-9-1-3-10(4-2-9)16-11-5-6-12-13(7-11)19-8-14(18)17-12/h1-7,16H,8,15H2,(H,17,18). The highest BCUT2D eigenvalue weighted by Crippen LogP contribution is 2.31. The third kappa shape index (κ3) is 2.44. The number of nitrogens with two attached hydrogens (primary N) is 1. The molecule has 2 aromatic carbocycles. The van der Waals surface area contributed by atoms with Crippen LogP contribution in [0.3, 0.4) is 0 Å². The number of anilines is 4. The lowest BCUT2D eigenvalue weighted by Gasteiger charge is -2.18. The molecule has 0 unspecified atom stereocenters. The van der Waals surface area contributed by atoms with Gasteiger partial charge < -0.3 is 21.1 Å². The maximum absolute atomic E-state index is 11.2. The van der Waals surface area contributed by atoms with Gasteiger partial charge in [-0.3, -0.25) is 4.79 Å². The van der Waals surface area contributed by atoms with E-state index >= 15 is 0 Å². The van der Waals surface area contributed by atoms with Gasteiger partial charge in [-0.2, -0.15) is 0 Å². The minimum Gasteiger partial charge on any atom is -0.482 e. The van der Waals surface area contributed by atoms with E-state index in [-0.39, 0.29) is 12.5 Å². The molecule has 0 aromatic heterocycles. The smallest absolute Gasteiger partial charge is 0.262 e. The van der Waals surface area contributed by atoms with Gasteiger partial charge in [-0.15, -0.1) is 0 Å². The molecule has 4 N–H and O–H groups in total. The van der Waals surface area contributed by atoms with Crippen molar-refractivity contribution in [2.75, 3.05) is 23.0 Å². The Morgan fingerprint density at radius 2 is 1.84 bits per heavy atom. The molecule has 0 saturated carbocycles. The van der Waals surface area contributed by atoms with Crippen LogP contribution in [0, 0.1) is 0 Å². The van der Waals surface area contributed by atoms with Crippen LogP contribution in [-0.4, -0.2) is 12.5 Å². The molecule has 1 heterocycles. The van der Waals surface area contributed by atoms with Crippen LogP contribution in [0.15, 0.2) is 42.5 Å². The van der Waals surface area contributed by atoms with E-state index in [9.17, 15) is 4.79 Å². The summed E-state index contributed by atoms with van der Waals surface area (Å²) < 4.78 is 5.36. The van der Waals surface area contributed by atoms with Gasteiger partial charge in [0.15, 0.2) is 6.61 Å². The van der Waals surface area contributed by atoms with Crippen molar-refractivity contribution < 1.29 is 9.53 Å². The molecule has 1 aliphatic rings. The molecule has 0 radical (unpaired) electrons. The van der Waals surface area contributed by atoms with Crippen LogP contribution in [0.4, 0.5) is 22.7 Å². The van der Waals surface area contributed by atoms with Gasteiger partial charge in [-0.25, -0.2) is 0 Å². The number of amides is 1. The molecular weight excluding hydrogens is 242 g/mol. The summed E-state index contributed by atoms with van der Waals surface area (Å²) in [7, 11) is 0. The van der Waals surface area contributed by atoms with E-state index in [1.807, 2.05) is 42.5 Å². The normalized spacial score (nSPS) is 13.2. The van der Waals surface area contributed by atoms with Gasteiger partial charge in [0, 0.05) is 23.1 Å². The number of hydrogen-bond acceptors (Lipinski definition) is 4. The molecule has 1 amide bonds. The van der Waals surface area contributed by atoms with Crippen molar-refractivity contribution in [1.82, 2.24) is 0 Å². The molecule has 5 nitrogen and oxygen atoms in total. The predicted octanol–water partition coefficient (Wildman–Crippen LogP) is 2.34. The Hall–Kier alpha value is -2.69. The van der Waals surface area contributed by atoms with Crippen LogP contribution >= 0.6 is 0 Å². The first-order valence-electron chi connectivity index (χ1n) is 5.90. The second-order valence-electron chi connectivity index (χ2n) is 4.29. The van der Waals surface area contributed by atoms with Crippen molar-refractivity contribution in [2.45, 2.75) is 0 Å². The SMILES string of the molecule is Nc1ccc(Nc2ccc3c(c2)OCC(=O)N3)cc1. The topological polar surface area (TPSA) is 76.4 Å². The quantitative estimate of drug-likeness (QED) is 0.720. The molecule has 19 heavy (non-hydrogen) atoms. The summed E-state index contributed by atoms with van der Waals surface area (Å²) in [5, 5.41) is 5.99. The van der Waals surface area contributed by atoms with Crippen molar-refractivity contribution in [3.63, 3.8) is 0 Å². The lowest BCUT2D eigenvalue weighted by Crippen LogP contribution is -2.25. The number of carbonyl (C=O) groups excluding carboxylic acids is 1. The van der Waals surface area contributed by atoms with E-state index in [1.165, 1.54) is 0 Å². The third-order valence-corrected chi connectivity index (χ3v) is 2.81. The molecule has 96 valence electrons. The second kappa shape index (κ2) is 4.53. The van der Waals surface area contributed by atoms with Gasteiger partial charge in [-0.1, -0.05) is 0 Å². The largest absolute Gasteiger partial charge is 0.482 e. The Morgan fingerprint density at radius 3 is 2.63 bits per heavy atom. The highest BCUT2D eigenvalue weighted by atomic mass is 16.5. The number of hydrogen-bond donors (Lipinski definition) is 3. The number of fused-ring (bicyclic) bond motifs is 1. The first-order valence-corrected chi connectivity index (χ1v) is 5.90. The highest BCUT2D eigenvalue weighted by Gasteiger charge is 2.15. The monoisotopic (exact) mass is 255 g/mol. The minimum atomic E-state index is -0.133. The number of benzene rings is 2. The van der Waals surface area contributed by atoms with E-state index in [2.05, 4.69) is 10.6 Å². The number of ether oxygens (including phenoxy) is 1. The van der Waals surface area contributed by atoms with Gasteiger partial charge in [0.1, 0.15) is 5.75 Å². The van der Waals surface area contributed by atoms with Crippen LogP contribution in [0.25, 0.3) is 0 Å². The number of nitrogens with one attached hydrogen (secondary N) is 2. The maximum Gasteiger partial charge on any atom is 0.262 e. The lowest BCUT2D eigenvalue weighted by molar-refractivity contribution is -0.118. The van der Waals surface area contributed by atoms with Crippen LogP contribution in [0.2, 0.25) is 0 Å². The third-order valence-electron chi connectivity index (χ3n) is 2.81. The maximum atomic E-state index is 11.2. The van der Waals surface area contributed by atoms with Crippen molar-refractivity contribution in [3.8, 4) is 5.75 Å². The molecule has 1 aliphatic heterocycles. The molecule has 0 saturated heterocycles. The summed E-state index contributed by atoms with van der Waals surface area (Å²) in [6.07, 6.45) is 0. The van der Waals surface area contributed by atoms with E-state index < -0.39 is 0 Å². The van der Waals surface area contributed by atoms with Gasteiger partial charge in [0.25, 0.3) is 5.91 Å². The zero-order chi connectivity index (χ0) is 13.2.